The van der Waals surface area contributed by atoms with Gasteiger partial charge < -0.3 is 14.6 Å². The van der Waals surface area contributed by atoms with E-state index in [9.17, 15) is 18.3 Å². The number of aromatic carboxylic acids is 1. The third-order valence-electron chi connectivity index (χ3n) is 3.13. The minimum atomic E-state index is -3.84. The van der Waals surface area contributed by atoms with Gasteiger partial charge in [-0.2, -0.15) is 0 Å². The van der Waals surface area contributed by atoms with Crippen LogP contribution in [0.4, 0.5) is 0 Å². The van der Waals surface area contributed by atoms with Crippen molar-refractivity contribution in [3.8, 4) is 0 Å². The number of sulfonamides is 1. The monoisotopic (exact) mass is 289 g/mol. The zero-order valence-corrected chi connectivity index (χ0v) is 10.9. The molecule has 0 amide bonds. The Bertz CT molecular complexity index is 563. The first kappa shape index (κ1) is 14.0. The number of aliphatic hydroxyl groups excluding tert-OH is 1. The number of nitrogens with one attached hydrogen (secondary N) is 1. The number of carboxylic acid groups (broad SMARTS) is 1. The fourth-order valence-corrected chi connectivity index (χ4v) is 3.16. The molecule has 2 rings (SSSR count). The molecule has 7 nitrogen and oxygen atoms in total. The summed E-state index contributed by atoms with van der Waals surface area (Å²) in [5, 5.41) is 17.6. The molecule has 1 saturated carbocycles. The van der Waals surface area contributed by atoms with Crippen LogP contribution < -0.4 is 4.72 Å². The van der Waals surface area contributed by atoms with Crippen LogP contribution in [0.5, 0.6) is 0 Å². The summed E-state index contributed by atoms with van der Waals surface area (Å²) in [6.07, 6.45) is 1.65. The molecule has 1 fully saturated rings. The summed E-state index contributed by atoms with van der Waals surface area (Å²) in [6, 6.07) is 2.20. The van der Waals surface area contributed by atoms with E-state index in [0.717, 1.165) is 18.6 Å². The smallest absolute Gasteiger partial charge is 0.371 e. The van der Waals surface area contributed by atoms with E-state index in [0.29, 0.717) is 12.8 Å². The van der Waals surface area contributed by atoms with E-state index in [-0.39, 0.29) is 18.6 Å². The lowest BCUT2D eigenvalue weighted by atomic mass is 10.1. The number of carbonyl (C=O) groups is 1. The molecule has 106 valence electrons. The maximum absolute atomic E-state index is 11.8. The van der Waals surface area contributed by atoms with E-state index < -0.39 is 26.8 Å². The summed E-state index contributed by atoms with van der Waals surface area (Å²) in [7, 11) is -3.84. The molecule has 8 heteroatoms. The molecular weight excluding hydrogens is 274 g/mol. The van der Waals surface area contributed by atoms with Gasteiger partial charge in [-0.15, -0.1) is 0 Å². The first-order chi connectivity index (χ1) is 8.88. The van der Waals surface area contributed by atoms with Crippen molar-refractivity contribution in [1.29, 1.82) is 0 Å². The molecule has 0 radical (unpaired) electrons. The van der Waals surface area contributed by atoms with Crippen molar-refractivity contribution in [3.05, 3.63) is 17.9 Å². The Morgan fingerprint density at radius 1 is 1.42 bits per heavy atom. The Hall–Kier alpha value is -1.38. The summed E-state index contributed by atoms with van der Waals surface area (Å²) < 4.78 is 30.8. The molecule has 19 heavy (non-hydrogen) atoms. The third kappa shape index (κ3) is 3.34. The molecule has 0 spiro atoms. The van der Waals surface area contributed by atoms with Gasteiger partial charge >= 0.3 is 5.97 Å². The van der Waals surface area contributed by atoms with Gasteiger partial charge in [0.25, 0.3) is 10.0 Å². The number of rotatable bonds is 5. The van der Waals surface area contributed by atoms with Crippen LogP contribution in [-0.2, 0) is 10.0 Å². The number of furan rings is 1. The van der Waals surface area contributed by atoms with Gasteiger partial charge in [0.1, 0.15) is 0 Å². The van der Waals surface area contributed by atoms with Crippen molar-refractivity contribution in [3.63, 3.8) is 0 Å². The average molecular weight is 289 g/mol. The van der Waals surface area contributed by atoms with Gasteiger partial charge in [0.05, 0.1) is 6.10 Å². The topological polar surface area (TPSA) is 117 Å². The fourth-order valence-electron chi connectivity index (χ4n) is 2.11. The molecule has 3 N–H and O–H groups in total. The van der Waals surface area contributed by atoms with Gasteiger partial charge in [-0.1, -0.05) is 0 Å². The van der Waals surface area contributed by atoms with E-state index in [4.69, 9.17) is 9.52 Å². The molecule has 0 aromatic carbocycles. The Morgan fingerprint density at radius 2 is 2.16 bits per heavy atom. The summed E-state index contributed by atoms with van der Waals surface area (Å²) in [5.41, 5.74) is 0. The summed E-state index contributed by atoms with van der Waals surface area (Å²) >= 11 is 0. The van der Waals surface area contributed by atoms with Gasteiger partial charge in [-0.25, -0.2) is 17.9 Å². The lowest BCUT2D eigenvalue weighted by molar-refractivity contribution is 0.0656. The molecule has 2 unspecified atom stereocenters. The fraction of sp³-hybridized carbons (Fsp3) is 0.545. The van der Waals surface area contributed by atoms with Crippen molar-refractivity contribution in [1.82, 2.24) is 4.72 Å². The standard InChI is InChI=1S/C11H15NO6S/c13-8-2-1-7(5-8)6-12-19(16,17)10-4-3-9(18-10)11(14)15/h3-4,7-8,12-13H,1-2,5-6H2,(H,14,15). The Kier molecular flexibility index (Phi) is 3.93. The Labute approximate surface area is 110 Å². The SMILES string of the molecule is O=C(O)c1ccc(S(=O)(=O)NCC2CCC(O)C2)o1. The summed E-state index contributed by atoms with van der Waals surface area (Å²) in [6.45, 7) is 0.211. The highest BCUT2D eigenvalue weighted by Crippen LogP contribution is 2.25. The number of hydrogen-bond donors (Lipinski definition) is 3. The summed E-state index contributed by atoms with van der Waals surface area (Å²) in [5.74, 6) is -1.64. The first-order valence-corrected chi connectivity index (χ1v) is 7.37. The number of carboxylic acids is 1. The second-order valence-electron chi connectivity index (χ2n) is 4.61. The van der Waals surface area contributed by atoms with E-state index >= 15 is 0 Å². The molecule has 0 bridgehead atoms. The van der Waals surface area contributed by atoms with Crippen molar-refractivity contribution >= 4 is 16.0 Å². The van der Waals surface area contributed by atoms with Crippen molar-refractivity contribution in [2.24, 2.45) is 5.92 Å². The minimum absolute atomic E-state index is 0.0960. The number of hydrogen-bond acceptors (Lipinski definition) is 5. The molecule has 0 saturated heterocycles. The van der Waals surface area contributed by atoms with Crippen LogP contribution in [0, 0.1) is 5.92 Å². The van der Waals surface area contributed by atoms with Gasteiger partial charge in [-0.3, -0.25) is 0 Å². The van der Waals surface area contributed by atoms with Crippen LogP contribution in [0.25, 0.3) is 0 Å². The van der Waals surface area contributed by atoms with Crippen molar-refractivity contribution < 1.29 is 27.8 Å². The van der Waals surface area contributed by atoms with Crippen LogP contribution in [0.1, 0.15) is 29.8 Å². The Balaban J connectivity index is 1.99. The molecule has 0 aliphatic heterocycles. The second kappa shape index (κ2) is 5.32. The second-order valence-corrected chi connectivity index (χ2v) is 6.31. The molecule has 1 aromatic rings. The molecule has 1 aliphatic carbocycles. The lowest BCUT2D eigenvalue weighted by Crippen LogP contribution is -2.28. The van der Waals surface area contributed by atoms with E-state index in [1.807, 2.05) is 0 Å². The predicted octanol–water partition coefficient (Wildman–Crippen LogP) is 0.417. The highest BCUT2D eigenvalue weighted by molar-refractivity contribution is 7.89. The highest BCUT2D eigenvalue weighted by Gasteiger charge is 2.26. The van der Waals surface area contributed by atoms with Gasteiger partial charge in [0.15, 0.2) is 0 Å². The summed E-state index contributed by atoms with van der Waals surface area (Å²) in [4.78, 5) is 10.6. The molecule has 2 atom stereocenters. The van der Waals surface area contributed by atoms with Crippen molar-refractivity contribution in [2.75, 3.05) is 6.54 Å². The number of aliphatic hydroxyl groups is 1. The average Bonchev–Trinajstić information content (AvgIpc) is 2.95. The third-order valence-corrected chi connectivity index (χ3v) is 4.43. The van der Waals surface area contributed by atoms with Crippen LogP contribution in [0.2, 0.25) is 0 Å². The van der Waals surface area contributed by atoms with Crippen LogP contribution in [-0.4, -0.2) is 37.2 Å². The van der Waals surface area contributed by atoms with E-state index in [1.54, 1.807) is 0 Å². The quantitative estimate of drug-likeness (QED) is 0.723. The molecule has 1 aromatic heterocycles. The zero-order chi connectivity index (χ0) is 14.0. The molecule has 1 aliphatic rings. The lowest BCUT2D eigenvalue weighted by Gasteiger charge is -2.09. The van der Waals surface area contributed by atoms with Crippen LogP contribution >= 0.6 is 0 Å². The predicted molar refractivity (Wildman–Crippen MR) is 64.2 cm³/mol. The van der Waals surface area contributed by atoms with Crippen molar-refractivity contribution in [2.45, 2.75) is 30.5 Å². The van der Waals surface area contributed by atoms with E-state index in [2.05, 4.69) is 4.72 Å². The maximum atomic E-state index is 11.8. The van der Waals surface area contributed by atoms with Gasteiger partial charge in [-0.05, 0) is 37.3 Å². The molecular formula is C11H15NO6S. The first-order valence-electron chi connectivity index (χ1n) is 5.89. The van der Waals surface area contributed by atoms with Crippen LogP contribution in [0.3, 0.4) is 0 Å². The highest BCUT2D eigenvalue weighted by atomic mass is 32.2. The maximum Gasteiger partial charge on any atom is 0.371 e. The van der Waals surface area contributed by atoms with E-state index in [1.165, 1.54) is 0 Å². The molecule has 1 heterocycles. The van der Waals surface area contributed by atoms with Gasteiger partial charge in [0, 0.05) is 6.54 Å². The van der Waals surface area contributed by atoms with Crippen LogP contribution in [0.15, 0.2) is 21.6 Å². The largest absolute Gasteiger partial charge is 0.475 e. The normalized spacial score (nSPS) is 23.6. The Morgan fingerprint density at radius 3 is 2.68 bits per heavy atom. The van der Waals surface area contributed by atoms with Gasteiger partial charge in [0.2, 0.25) is 10.9 Å². The zero-order valence-electron chi connectivity index (χ0n) is 10.1. The minimum Gasteiger partial charge on any atom is -0.475 e.